The first kappa shape index (κ1) is 29.6. The molecule has 2 aromatic heterocycles. The summed E-state index contributed by atoms with van der Waals surface area (Å²) in [5, 5.41) is 26.3. The molecule has 1 saturated heterocycles. The van der Waals surface area contributed by atoms with Crippen molar-refractivity contribution in [2.75, 3.05) is 13.1 Å². The van der Waals surface area contributed by atoms with Gasteiger partial charge in [-0.3, -0.25) is 14.2 Å². The molecule has 1 amide bonds. The van der Waals surface area contributed by atoms with E-state index in [4.69, 9.17) is 44.4 Å². The number of rotatable bonds is 6. The summed E-state index contributed by atoms with van der Waals surface area (Å²) in [7, 11) is 0. The maximum atomic E-state index is 14.5. The molecule has 12 heteroatoms. The minimum Gasteiger partial charge on any atom is -0.478 e. The first-order valence-electron chi connectivity index (χ1n) is 12.8. The molecule has 1 fully saturated rings. The molecule has 1 aliphatic rings. The van der Waals surface area contributed by atoms with Crippen LogP contribution in [-0.4, -0.2) is 55.7 Å². The fourth-order valence-electron chi connectivity index (χ4n) is 5.30. The van der Waals surface area contributed by atoms with Gasteiger partial charge in [-0.1, -0.05) is 58.7 Å². The van der Waals surface area contributed by atoms with Crippen molar-refractivity contribution < 1.29 is 29.1 Å². The molecule has 42 heavy (non-hydrogen) atoms. The minimum absolute atomic E-state index is 0.0149. The average molecular weight is 629 g/mol. The molecule has 0 radical (unpaired) electrons. The Kier molecular flexibility index (Phi) is 8.04. The minimum atomic E-state index is -1.65. The van der Waals surface area contributed by atoms with E-state index in [9.17, 15) is 19.5 Å². The van der Waals surface area contributed by atoms with E-state index in [0.717, 1.165) is 6.08 Å². The van der Waals surface area contributed by atoms with Crippen molar-refractivity contribution in [2.24, 2.45) is 0 Å². The van der Waals surface area contributed by atoms with Crippen LogP contribution in [0.3, 0.4) is 0 Å². The third-order valence-electron chi connectivity index (χ3n) is 7.32. The number of piperidine rings is 1. The number of aliphatic hydroxyl groups is 1. The SMILES string of the molecule is C=CC(=O)N1CCC(O)(c2onc(-c3c(Cl)cc(Cl)cc3Cl)c2C(=O)n2cc(C)c3c(/C=C/C(=O)O)cccc32)CC1. The van der Waals surface area contributed by atoms with Gasteiger partial charge in [0.25, 0.3) is 5.91 Å². The van der Waals surface area contributed by atoms with Crippen molar-refractivity contribution in [1.29, 1.82) is 0 Å². The van der Waals surface area contributed by atoms with Gasteiger partial charge in [-0.05, 0) is 48.4 Å². The summed E-state index contributed by atoms with van der Waals surface area (Å²) >= 11 is 19.2. The van der Waals surface area contributed by atoms with E-state index in [1.54, 1.807) is 36.2 Å². The molecule has 0 spiro atoms. The lowest BCUT2D eigenvalue weighted by atomic mass is 9.85. The fraction of sp³-hybridized carbons (Fsp3) is 0.200. The number of carbonyl (C=O) groups excluding carboxylic acids is 2. The molecular weight excluding hydrogens is 605 g/mol. The molecule has 0 aliphatic carbocycles. The molecular formula is C30H24Cl3N3O6. The van der Waals surface area contributed by atoms with Gasteiger partial charge in [0.1, 0.15) is 16.9 Å². The van der Waals surface area contributed by atoms with Gasteiger partial charge >= 0.3 is 5.97 Å². The van der Waals surface area contributed by atoms with Crippen LogP contribution in [0.4, 0.5) is 0 Å². The quantitative estimate of drug-likeness (QED) is 0.238. The van der Waals surface area contributed by atoms with Crippen LogP contribution in [0, 0.1) is 6.92 Å². The number of aryl methyl sites for hydroxylation is 1. The number of aliphatic carboxylic acids is 1. The van der Waals surface area contributed by atoms with Gasteiger partial charge in [0, 0.05) is 54.2 Å². The number of hydrogen-bond acceptors (Lipinski definition) is 6. The third-order valence-corrected chi connectivity index (χ3v) is 8.14. The predicted molar refractivity (Wildman–Crippen MR) is 160 cm³/mol. The van der Waals surface area contributed by atoms with Gasteiger partial charge in [-0.25, -0.2) is 4.79 Å². The second-order valence-electron chi connectivity index (χ2n) is 9.94. The summed E-state index contributed by atoms with van der Waals surface area (Å²) in [6.45, 7) is 5.70. The van der Waals surface area contributed by atoms with Crippen molar-refractivity contribution in [1.82, 2.24) is 14.6 Å². The largest absolute Gasteiger partial charge is 0.478 e. The van der Waals surface area contributed by atoms with E-state index in [0.29, 0.717) is 22.0 Å². The number of amides is 1. The molecule has 2 aromatic carbocycles. The van der Waals surface area contributed by atoms with Crippen LogP contribution in [0.1, 0.15) is 40.1 Å². The monoisotopic (exact) mass is 627 g/mol. The van der Waals surface area contributed by atoms with Gasteiger partial charge in [0.15, 0.2) is 5.76 Å². The normalized spacial score (nSPS) is 14.9. The van der Waals surface area contributed by atoms with Crippen molar-refractivity contribution in [3.05, 3.63) is 92.8 Å². The zero-order chi connectivity index (χ0) is 30.3. The van der Waals surface area contributed by atoms with Crippen LogP contribution in [0.15, 0.2) is 59.8 Å². The lowest BCUT2D eigenvalue weighted by molar-refractivity contribution is -0.132. The second-order valence-corrected chi connectivity index (χ2v) is 11.2. The number of benzene rings is 2. The molecule has 0 saturated carbocycles. The highest BCUT2D eigenvalue weighted by molar-refractivity contribution is 6.42. The standard InChI is InChI=1S/C30H24Cl3N3O6/c1-3-22(37)35-11-9-30(41,10-12-35)28-26(27(34-42-28)25-19(32)13-18(31)14-20(25)33)29(40)36-15-16(2)24-17(7-8-23(38)39)5-4-6-21(24)36/h3-8,13-15,41H,1,9-12H2,2H3,(H,38,39)/b8-7+. The number of hydrogen-bond donors (Lipinski definition) is 2. The Hall–Kier alpha value is -3.89. The molecule has 216 valence electrons. The summed E-state index contributed by atoms with van der Waals surface area (Å²) in [5.74, 6) is -2.05. The van der Waals surface area contributed by atoms with E-state index in [2.05, 4.69) is 11.7 Å². The molecule has 9 nitrogen and oxygen atoms in total. The highest BCUT2D eigenvalue weighted by atomic mass is 35.5. The number of carboxylic acids is 1. The molecule has 1 aliphatic heterocycles. The highest BCUT2D eigenvalue weighted by Gasteiger charge is 2.44. The van der Waals surface area contributed by atoms with Crippen molar-refractivity contribution >= 4 is 69.6 Å². The molecule has 4 aromatic rings. The van der Waals surface area contributed by atoms with Gasteiger partial charge < -0.3 is 19.6 Å². The topological polar surface area (TPSA) is 126 Å². The number of nitrogens with zero attached hydrogens (tertiary/aromatic N) is 3. The smallest absolute Gasteiger partial charge is 0.328 e. The molecule has 0 unspecified atom stereocenters. The van der Waals surface area contributed by atoms with Crippen LogP contribution in [-0.2, 0) is 15.2 Å². The lowest BCUT2D eigenvalue weighted by Gasteiger charge is -2.36. The van der Waals surface area contributed by atoms with E-state index in [1.807, 2.05) is 0 Å². The maximum absolute atomic E-state index is 14.5. The number of carbonyl (C=O) groups is 3. The zero-order valence-corrected chi connectivity index (χ0v) is 24.5. The zero-order valence-electron chi connectivity index (χ0n) is 22.2. The second kappa shape index (κ2) is 11.4. The van der Waals surface area contributed by atoms with Crippen LogP contribution in [0.5, 0.6) is 0 Å². The number of aromatic nitrogens is 2. The first-order valence-corrected chi connectivity index (χ1v) is 13.9. The number of halogens is 3. The van der Waals surface area contributed by atoms with Gasteiger partial charge in [0.05, 0.1) is 15.6 Å². The first-order chi connectivity index (χ1) is 19.9. The number of carboxylic acid groups (broad SMARTS) is 1. The summed E-state index contributed by atoms with van der Waals surface area (Å²) in [6.07, 6.45) is 5.43. The van der Waals surface area contributed by atoms with Crippen molar-refractivity contribution in [3.63, 3.8) is 0 Å². The Morgan fingerprint density at radius 1 is 1.12 bits per heavy atom. The fourth-order valence-corrected chi connectivity index (χ4v) is 6.30. The average Bonchev–Trinajstić information content (AvgIpc) is 3.53. The Balaban J connectivity index is 1.70. The van der Waals surface area contributed by atoms with Crippen LogP contribution in [0.25, 0.3) is 28.2 Å². The third kappa shape index (κ3) is 5.25. The van der Waals surface area contributed by atoms with E-state index in [1.165, 1.54) is 28.9 Å². The van der Waals surface area contributed by atoms with Gasteiger partial charge in [0.2, 0.25) is 5.91 Å². The summed E-state index contributed by atoms with van der Waals surface area (Å²) in [6, 6.07) is 8.08. The summed E-state index contributed by atoms with van der Waals surface area (Å²) < 4.78 is 7.11. The van der Waals surface area contributed by atoms with Crippen LogP contribution >= 0.6 is 34.8 Å². The van der Waals surface area contributed by atoms with Gasteiger partial charge in [-0.2, -0.15) is 0 Å². The summed E-state index contributed by atoms with van der Waals surface area (Å²) in [4.78, 5) is 39.3. The van der Waals surface area contributed by atoms with Crippen molar-refractivity contribution in [2.45, 2.75) is 25.4 Å². The predicted octanol–water partition coefficient (Wildman–Crippen LogP) is 6.35. The lowest BCUT2D eigenvalue weighted by Crippen LogP contribution is -2.45. The molecule has 5 rings (SSSR count). The molecule has 0 atom stereocenters. The highest BCUT2D eigenvalue weighted by Crippen LogP contribution is 2.44. The Bertz CT molecular complexity index is 1770. The Labute approximate surface area is 255 Å². The van der Waals surface area contributed by atoms with Crippen LogP contribution in [0.2, 0.25) is 15.1 Å². The van der Waals surface area contributed by atoms with E-state index in [-0.39, 0.29) is 69.5 Å². The Morgan fingerprint density at radius 2 is 1.79 bits per heavy atom. The summed E-state index contributed by atoms with van der Waals surface area (Å²) in [5.41, 5.74) is 0.313. The van der Waals surface area contributed by atoms with E-state index < -0.39 is 17.5 Å². The Morgan fingerprint density at radius 3 is 2.40 bits per heavy atom. The van der Waals surface area contributed by atoms with E-state index >= 15 is 0 Å². The number of likely N-dealkylation sites (tertiary alicyclic amines) is 1. The van der Waals surface area contributed by atoms with Crippen molar-refractivity contribution in [3.8, 4) is 11.3 Å². The molecule has 0 bridgehead atoms. The number of fused-ring (bicyclic) bond motifs is 1. The van der Waals surface area contributed by atoms with Crippen LogP contribution < -0.4 is 0 Å². The maximum Gasteiger partial charge on any atom is 0.328 e. The molecule has 2 N–H and O–H groups in total. The van der Waals surface area contributed by atoms with Gasteiger partial charge in [-0.15, -0.1) is 0 Å². The molecule has 3 heterocycles.